The Morgan fingerprint density at radius 2 is 1.85 bits per heavy atom. The predicted molar refractivity (Wildman–Crippen MR) is 135 cm³/mol. The van der Waals surface area contributed by atoms with E-state index in [4.69, 9.17) is 10.2 Å². The minimum absolute atomic E-state index is 0.0168. The van der Waals surface area contributed by atoms with Gasteiger partial charge in [-0.05, 0) is 68.0 Å². The van der Waals surface area contributed by atoms with E-state index in [9.17, 15) is 34.2 Å². The first-order valence-electron chi connectivity index (χ1n) is 13.4. The van der Waals surface area contributed by atoms with Crippen molar-refractivity contribution in [3.63, 3.8) is 0 Å². The molecule has 10 nitrogen and oxygen atoms in total. The zero-order chi connectivity index (χ0) is 27.6. The molecule has 3 fully saturated rings. The van der Waals surface area contributed by atoms with E-state index >= 15 is 0 Å². The second-order valence-electron chi connectivity index (χ2n) is 11.4. The first kappa shape index (κ1) is 25.6. The summed E-state index contributed by atoms with van der Waals surface area (Å²) >= 11 is 0. The summed E-state index contributed by atoms with van der Waals surface area (Å²) in [6.07, 6.45) is 6.22. The fourth-order valence-corrected chi connectivity index (χ4v) is 7.25. The average Bonchev–Trinajstić information content (AvgIpc) is 3.43. The average molecular weight is 535 g/mol. The van der Waals surface area contributed by atoms with Crippen molar-refractivity contribution in [2.75, 3.05) is 13.1 Å². The van der Waals surface area contributed by atoms with Gasteiger partial charge in [-0.2, -0.15) is 0 Å². The van der Waals surface area contributed by atoms with E-state index in [1.807, 2.05) is 6.07 Å². The number of primary amides is 1. The Labute approximate surface area is 224 Å². The van der Waals surface area contributed by atoms with Gasteiger partial charge in [0, 0.05) is 30.0 Å². The summed E-state index contributed by atoms with van der Waals surface area (Å²) in [5.41, 5.74) is 5.11. The van der Waals surface area contributed by atoms with Crippen molar-refractivity contribution in [3.05, 3.63) is 41.3 Å². The molecule has 0 radical (unpaired) electrons. The maximum atomic E-state index is 14.1. The van der Waals surface area contributed by atoms with E-state index in [1.54, 1.807) is 6.07 Å². The van der Waals surface area contributed by atoms with Gasteiger partial charge in [0.15, 0.2) is 34.7 Å². The molecule has 1 aliphatic heterocycles. The third kappa shape index (κ3) is 3.80. The SMILES string of the molecule is NC(=O)C1C(=O)C[C@@H]2C[C@@H]3Cc4c(CN5CCCCC5)cc(-c5ccoc5)c(O)c4C(=O)C3C(=O)[C@]2(O)C1=O. The summed E-state index contributed by atoms with van der Waals surface area (Å²) in [5, 5.41) is 22.8. The molecule has 1 aromatic carbocycles. The van der Waals surface area contributed by atoms with Crippen LogP contribution in [0.25, 0.3) is 11.1 Å². The van der Waals surface area contributed by atoms with Gasteiger partial charge < -0.3 is 20.4 Å². The Kier molecular flexibility index (Phi) is 6.07. The lowest BCUT2D eigenvalue weighted by Gasteiger charge is -2.48. The fraction of sp³-hybridized carbons (Fsp3) is 0.483. The zero-order valence-corrected chi connectivity index (χ0v) is 21.4. The van der Waals surface area contributed by atoms with Gasteiger partial charge in [0.2, 0.25) is 5.91 Å². The molecule has 0 spiro atoms. The summed E-state index contributed by atoms with van der Waals surface area (Å²) in [6.45, 7) is 2.39. The number of rotatable bonds is 4. The number of phenols is 1. The number of nitrogens with zero attached hydrogens (tertiary/aromatic N) is 1. The van der Waals surface area contributed by atoms with Gasteiger partial charge in [-0.1, -0.05) is 6.42 Å². The number of carbonyl (C=O) groups excluding carboxylic acids is 5. The van der Waals surface area contributed by atoms with Crippen LogP contribution in [0.4, 0.5) is 0 Å². The number of Topliss-reactive ketones (excluding diaryl/α,β-unsaturated/α-hetero) is 4. The Morgan fingerprint density at radius 3 is 2.51 bits per heavy atom. The van der Waals surface area contributed by atoms with E-state index in [-0.39, 0.29) is 30.6 Å². The highest BCUT2D eigenvalue weighted by molar-refractivity contribution is 6.31. The number of hydrogen-bond donors (Lipinski definition) is 3. The number of ketones is 4. The Balaban J connectivity index is 1.45. The van der Waals surface area contributed by atoms with Crippen molar-refractivity contribution in [1.29, 1.82) is 0 Å². The minimum Gasteiger partial charge on any atom is -0.507 e. The Morgan fingerprint density at radius 1 is 1.10 bits per heavy atom. The van der Waals surface area contributed by atoms with Gasteiger partial charge >= 0.3 is 0 Å². The molecule has 4 N–H and O–H groups in total. The van der Waals surface area contributed by atoms with Crippen LogP contribution in [-0.2, 0) is 32.1 Å². The number of likely N-dealkylation sites (tertiary alicyclic amines) is 1. The lowest BCUT2D eigenvalue weighted by molar-refractivity contribution is -0.175. The summed E-state index contributed by atoms with van der Waals surface area (Å²) in [7, 11) is 0. The topological polar surface area (TPSA) is 168 Å². The van der Waals surface area contributed by atoms with Crippen LogP contribution < -0.4 is 5.73 Å². The Bertz CT molecular complexity index is 1410. The van der Waals surface area contributed by atoms with Crippen molar-refractivity contribution in [2.24, 2.45) is 29.4 Å². The summed E-state index contributed by atoms with van der Waals surface area (Å²) in [5.74, 6) is -10.1. The van der Waals surface area contributed by atoms with Gasteiger partial charge in [-0.15, -0.1) is 0 Å². The molecule has 39 heavy (non-hydrogen) atoms. The number of carbonyl (C=O) groups is 5. The van der Waals surface area contributed by atoms with Gasteiger partial charge in [0.25, 0.3) is 0 Å². The van der Waals surface area contributed by atoms with Crippen molar-refractivity contribution >= 4 is 29.0 Å². The van der Waals surface area contributed by atoms with Crippen LogP contribution >= 0.6 is 0 Å². The molecular weight excluding hydrogens is 504 g/mol. The summed E-state index contributed by atoms with van der Waals surface area (Å²) < 4.78 is 5.21. The van der Waals surface area contributed by atoms with Crippen molar-refractivity contribution in [1.82, 2.24) is 4.90 Å². The molecule has 2 saturated carbocycles. The molecule has 10 heteroatoms. The first-order chi connectivity index (χ1) is 18.6. The molecule has 5 atom stereocenters. The van der Waals surface area contributed by atoms with E-state index < -0.39 is 58.3 Å². The molecule has 1 amide bonds. The van der Waals surface area contributed by atoms with Crippen LogP contribution in [0.3, 0.4) is 0 Å². The minimum atomic E-state index is -2.66. The molecule has 6 rings (SSSR count). The number of fused-ring (bicyclic) bond motifs is 3. The van der Waals surface area contributed by atoms with E-state index in [0.717, 1.165) is 37.9 Å². The molecule has 4 aliphatic rings. The van der Waals surface area contributed by atoms with Crippen LogP contribution in [0, 0.1) is 23.7 Å². The molecule has 204 valence electrons. The molecule has 0 bridgehead atoms. The molecular formula is C29H30N2O8. The summed E-state index contributed by atoms with van der Waals surface area (Å²) in [6, 6.07) is 3.54. The van der Waals surface area contributed by atoms with Crippen LogP contribution in [0.2, 0.25) is 0 Å². The van der Waals surface area contributed by atoms with Crippen LogP contribution in [0.1, 0.15) is 53.6 Å². The zero-order valence-electron chi connectivity index (χ0n) is 21.4. The van der Waals surface area contributed by atoms with Crippen molar-refractivity contribution in [2.45, 2.75) is 50.7 Å². The molecule has 2 aromatic rings. The lowest BCUT2D eigenvalue weighted by Crippen LogP contribution is -2.68. The standard InChI is InChI=1S/C29H30N2O8/c30-28(37)23-20(32)11-17-8-15-9-18-16(12-31-5-2-1-3-6-31)10-19(14-4-7-39-13-14)24(33)22(18)25(34)21(15)26(35)29(17,38)27(23)36/h4,7,10,13,15,17,21,23,33,38H,1-3,5-6,8-9,11-12H2,(H2,30,37)/t15-,17+,21?,23?,29+/m1/s1. The van der Waals surface area contributed by atoms with Gasteiger partial charge in [0.05, 0.1) is 24.0 Å². The molecule has 3 aliphatic carbocycles. The number of hydrogen-bond acceptors (Lipinski definition) is 9. The molecule has 2 unspecified atom stereocenters. The predicted octanol–water partition coefficient (Wildman–Crippen LogP) is 1.57. The van der Waals surface area contributed by atoms with Gasteiger partial charge in [-0.3, -0.25) is 28.9 Å². The molecule has 2 heterocycles. The maximum Gasteiger partial charge on any atom is 0.235 e. The normalized spacial score (nSPS) is 31.0. The smallest absolute Gasteiger partial charge is 0.235 e. The van der Waals surface area contributed by atoms with Crippen molar-refractivity contribution < 1.29 is 38.6 Å². The molecule has 1 aromatic heterocycles. The quantitative estimate of drug-likeness (QED) is 0.493. The van der Waals surface area contributed by atoms with E-state index in [0.29, 0.717) is 23.2 Å². The number of benzene rings is 1. The lowest BCUT2D eigenvalue weighted by atomic mass is 9.53. The third-order valence-corrected chi connectivity index (χ3v) is 9.17. The second-order valence-corrected chi connectivity index (χ2v) is 11.4. The van der Waals surface area contributed by atoms with E-state index in [1.165, 1.54) is 12.5 Å². The number of furan rings is 1. The fourth-order valence-electron chi connectivity index (χ4n) is 7.25. The highest BCUT2D eigenvalue weighted by Crippen LogP contribution is 2.51. The number of phenolic OH excluding ortho intramolecular Hbond substituents is 1. The van der Waals surface area contributed by atoms with Crippen LogP contribution in [0.15, 0.2) is 29.1 Å². The number of aliphatic hydroxyl groups is 1. The monoisotopic (exact) mass is 534 g/mol. The molecule has 1 saturated heterocycles. The Hall–Kier alpha value is -3.63. The van der Waals surface area contributed by atoms with Crippen LogP contribution in [-0.4, -0.2) is 62.8 Å². The highest BCUT2D eigenvalue weighted by atomic mass is 16.3. The largest absolute Gasteiger partial charge is 0.507 e. The van der Waals surface area contributed by atoms with E-state index in [2.05, 4.69) is 4.90 Å². The van der Waals surface area contributed by atoms with Crippen LogP contribution in [0.5, 0.6) is 5.75 Å². The van der Waals surface area contributed by atoms with Crippen molar-refractivity contribution in [3.8, 4) is 16.9 Å². The number of aromatic hydroxyl groups is 1. The number of amides is 1. The second kappa shape index (κ2) is 9.24. The van der Waals surface area contributed by atoms with Gasteiger partial charge in [-0.25, -0.2) is 0 Å². The number of nitrogens with two attached hydrogens (primary N) is 1. The third-order valence-electron chi connectivity index (χ3n) is 9.17. The highest BCUT2D eigenvalue weighted by Gasteiger charge is 2.66. The first-order valence-corrected chi connectivity index (χ1v) is 13.4. The summed E-state index contributed by atoms with van der Waals surface area (Å²) in [4.78, 5) is 67.7. The number of piperidine rings is 1. The maximum absolute atomic E-state index is 14.1. The van der Waals surface area contributed by atoms with Gasteiger partial charge in [0.1, 0.15) is 5.75 Å².